The molecule has 0 bridgehead atoms. The molecule has 6 nitrogen and oxygen atoms in total. The predicted molar refractivity (Wildman–Crippen MR) is 79.3 cm³/mol. The third-order valence-corrected chi connectivity index (χ3v) is 4.11. The lowest BCUT2D eigenvalue weighted by Gasteiger charge is -2.10. The fourth-order valence-corrected chi connectivity index (χ4v) is 2.65. The molecule has 20 heavy (non-hydrogen) atoms. The van der Waals surface area contributed by atoms with Crippen LogP contribution in [0.2, 0.25) is 0 Å². The topological polar surface area (TPSA) is 84.3 Å². The molecule has 1 aromatic carbocycles. The van der Waals surface area contributed by atoms with Gasteiger partial charge in [0.1, 0.15) is 0 Å². The number of nitro groups is 1. The molecule has 0 aliphatic carbocycles. The van der Waals surface area contributed by atoms with Gasteiger partial charge in [-0.1, -0.05) is 0 Å². The van der Waals surface area contributed by atoms with Crippen LogP contribution < -0.4 is 10.6 Å². The Balaban J connectivity index is 2.19. The van der Waals surface area contributed by atoms with Gasteiger partial charge in [0.05, 0.1) is 9.80 Å². The van der Waals surface area contributed by atoms with Gasteiger partial charge in [-0.3, -0.25) is 14.9 Å². The SMILES string of the molecule is CNC(C)CNC(=O)c1cc2cc([N+](=O)[O-])ccc2s1. The molecular formula is C13H15N3O3S. The number of nitrogens with zero attached hydrogens (tertiary/aromatic N) is 1. The molecule has 2 aromatic rings. The Morgan fingerprint density at radius 3 is 2.85 bits per heavy atom. The number of fused-ring (bicyclic) bond motifs is 1. The molecule has 1 amide bonds. The van der Waals surface area contributed by atoms with Crippen molar-refractivity contribution in [1.82, 2.24) is 10.6 Å². The van der Waals surface area contributed by atoms with Crippen LogP contribution in [0.25, 0.3) is 10.1 Å². The van der Waals surface area contributed by atoms with Gasteiger partial charge in [0.25, 0.3) is 11.6 Å². The van der Waals surface area contributed by atoms with Crippen molar-refractivity contribution < 1.29 is 9.72 Å². The van der Waals surface area contributed by atoms with Crippen LogP contribution in [0.15, 0.2) is 24.3 Å². The standard InChI is InChI=1S/C13H15N3O3S/c1-8(14-2)7-15-13(17)12-6-9-5-10(16(18)19)3-4-11(9)20-12/h3-6,8,14H,7H2,1-2H3,(H,15,17). The van der Waals surface area contributed by atoms with Crippen molar-refractivity contribution in [2.45, 2.75) is 13.0 Å². The van der Waals surface area contributed by atoms with Crippen molar-refractivity contribution in [2.75, 3.05) is 13.6 Å². The van der Waals surface area contributed by atoms with Crippen molar-refractivity contribution in [2.24, 2.45) is 0 Å². The number of nitro benzene ring substituents is 1. The van der Waals surface area contributed by atoms with E-state index in [0.717, 1.165) is 10.1 Å². The predicted octanol–water partition coefficient (Wildman–Crippen LogP) is 2.15. The van der Waals surface area contributed by atoms with Gasteiger partial charge in [-0.05, 0) is 26.1 Å². The minimum atomic E-state index is -0.439. The first-order chi connectivity index (χ1) is 9.51. The van der Waals surface area contributed by atoms with E-state index in [1.54, 1.807) is 12.1 Å². The van der Waals surface area contributed by atoms with Crippen LogP contribution in [0, 0.1) is 10.1 Å². The van der Waals surface area contributed by atoms with Gasteiger partial charge in [-0.15, -0.1) is 11.3 Å². The van der Waals surface area contributed by atoms with E-state index < -0.39 is 4.92 Å². The van der Waals surface area contributed by atoms with Gasteiger partial charge in [0, 0.05) is 34.8 Å². The molecule has 106 valence electrons. The number of thiophene rings is 1. The van der Waals surface area contributed by atoms with Crippen molar-refractivity contribution >= 4 is 33.0 Å². The highest BCUT2D eigenvalue weighted by Gasteiger charge is 2.13. The molecule has 7 heteroatoms. The summed E-state index contributed by atoms with van der Waals surface area (Å²) in [7, 11) is 1.83. The van der Waals surface area contributed by atoms with E-state index in [1.165, 1.54) is 23.5 Å². The highest BCUT2D eigenvalue weighted by molar-refractivity contribution is 7.20. The first-order valence-electron chi connectivity index (χ1n) is 6.14. The molecule has 0 fully saturated rings. The largest absolute Gasteiger partial charge is 0.350 e. The van der Waals surface area contributed by atoms with Crippen molar-refractivity contribution in [3.8, 4) is 0 Å². The van der Waals surface area contributed by atoms with Crippen LogP contribution in [-0.2, 0) is 0 Å². The molecule has 1 unspecified atom stereocenters. The lowest BCUT2D eigenvalue weighted by atomic mass is 10.2. The highest BCUT2D eigenvalue weighted by atomic mass is 32.1. The van der Waals surface area contributed by atoms with E-state index in [2.05, 4.69) is 10.6 Å². The molecule has 2 N–H and O–H groups in total. The molecule has 1 aromatic heterocycles. The maximum absolute atomic E-state index is 12.0. The molecule has 2 rings (SSSR count). The van der Waals surface area contributed by atoms with Crippen molar-refractivity contribution in [3.05, 3.63) is 39.3 Å². The van der Waals surface area contributed by atoms with Gasteiger partial charge in [-0.25, -0.2) is 0 Å². The zero-order chi connectivity index (χ0) is 14.7. The van der Waals surface area contributed by atoms with Gasteiger partial charge in [-0.2, -0.15) is 0 Å². The number of carbonyl (C=O) groups is 1. The Bertz CT molecular complexity index is 653. The summed E-state index contributed by atoms with van der Waals surface area (Å²) in [5, 5.41) is 17.3. The van der Waals surface area contributed by atoms with Crippen LogP contribution in [0.4, 0.5) is 5.69 Å². The summed E-state index contributed by atoms with van der Waals surface area (Å²) in [5.41, 5.74) is 0.0334. The number of rotatable bonds is 5. The quantitative estimate of drug-likeness (QED) is 0.653. The third kappa shape index (κ3) is 3.12. The van der Waals surface area contributed by atoms with Crippen LogP contribution >= 0.6 is 11.3 Å². The lowest BCUT2D eigenvalue weighted by Crippen LogP contribution is -2.36. The average Bonchev–Trinajstić information content (AvgIpc) is 2.87. The van der Waals surface area contributed by atoms with Gasteiger partial charge in [0.15, 0.2) is 0 Å². The van der Waals surface area contributed by atoms with Crippen LogP contribution in [0.5, 0.6) is 0 Å². The van der Waals surface area contributed by atoms with Crippen molar-refractivity contribution in [1.29, 1.82) is 0 Å². The molecule has 0 radical (unpaired) electrons. The third-order valence-electron chi connectivity index (χ3n) is 3.00. The molecule has 0 aliphatic rings. The first-order valence-corrected chi connectivity index (χ1v) is 6.96. The molecule has 1 heterocycles. The number of non-ortho nitro benzene ring substituents is 1. The maximum Gasteiger partial charge on any atom is 0.270 e. The summed E-state index contributed by atoms with van der Waals surface area (Å²) >= 11 is 1.33. The average molecular weight is 293 g/mol. The first kappa shape index (κ1) is 14.4. The fraction of sp³-hybridized carbons (Fsp3) is 0.308. The normalized spacial score (nSPS) is 12.3. The minimum Gasteiger partial charge on any atom is -0.350 e. The summed E-state index contributed by atoms with van der Waals surface area (Å²) in [4.78, 5) is 22.8. The van der Waals surface area contributed by atoms with Crippen LogP contribution in [0.1, 0.15) is 16.6 Å². The number of hydrogen-bond acceptors (Lipinski definition) is 5. The second-order valence-corrected chi connectivity index (χ2v) is 5.57. The van der Waals surface area contributed by atoms with E-state index >= 15 is 0 Å². The van der Waals surface area contributed by atoms with Crippen molar-refractivity contribution in [3.63, 3.8) is 0 Å². The number of nitrogens with one attached hydrogen (secondary N) is 2. The lowest BCUT2D eigenvalue weighted by molar-refractivity contribution is -0.384. The fourth-order valence-electron chi connectivity index (χ4n) is 1.69. The number of hydrogen-bond donors (Lipinski definition) is 2. The Hall–Kier alpha value is -1.99. The molecular weight excluding hydrogens is 278 g/mol. The second kappa shape index (κ2) is 5.98. The van der Waals surface area contributed by atoms with E-state index in [-0.39, 0.29) is 17.6 Å². The number of benzene rings is 1. The Morgan fingerprint density at radius 2 is 2.20 bits per heavy atom. The summed E-state index contributed by atoms with van der Waals surface area (Å²) in [6, 6.07) is 6.48. The molecule has 0 aliphatic heterocycles. The Morgan fingerprint density at radius 1 is 1.45 bits per heavy atom. The van der Waals surface area contributed by atoms with Gasteiger partial charge in [0.2, 0.25) is 0 Å². The zero-order valence-corrected chi connectivity index (χ0v) is 12.0. The number of amides is 1. The summed E-state index contributed by atoms with van der Waals surface area (Å²) in [6.07, 6.45) is 0. The van der Waals surface area contributed by atoms with E-state index in [1.807, 2.05) is 14.0 Å². The highest BCUT2D eigenvalue weighted by Crippen LogP contribution is 2.28. The molecule has 1 atom stereocenters. The van der Waals surface area contributed by atoms with E-state index in [0.29, 0.717) is 11.4 Å². The van der Waals surface area contributed by atoms with E-state index in [4.69, 9.17) is 0 Å². The Labute approximate surface area is 119 Å². The zero-order valence-electron chi connectivity index (χ0n) is 11.2. The van der Waals surface area contributed by atoms with Gasteiger partial charge >= 0.3 is 0 Å². The monoisotopic (exact) mass is 293 g/mol. The molecule has 0 saturated heterocycles. The summed E-state index contributed by atoms with van der Waals surface area (Å²) in [5.74, 6) is -0.157. The summed E-state index contributed by atoms with van der Waals surface area (Å²) in [6.45, 7) is 2.50. The smallest absolute Gasteiger partial charge is 0.270 e. The second-order valence-electron chi connectivity index (χ2n) is 4.49. The number of likely N-dealkylation sites (N-methyl/N-ethyl adjacent to an activating group) is 1. The van der Waals surface area contributed by atoms with E-state index in [9.17, 15) is 14.9 Å². The minimum absolute atomic E-state index is 0.0334. The molecule has 0 spiro atoms. The summed E-state index contributed by atoms with van der Waals surface area (Å²) < 4.78 is 0.863. The van der Waals surface area contributed by atoms with Gasteiger partial charge < -0.3 is 10.6 Å². The van der Waals surface area contributed by atoms with Crippen LogP contribution in [-0.4, -0.2) is 30.5 Å². The Kier molecular flexibility index (Phi) is 4.31. The maximum atomic E-state index is 12.0. The molecule has 0 saturated carbocycles. The number of carbonyl (C=O) groups excluding carboxylic acids is 1. The van der Waals surface area contributed by atoms with Crippen LogP contribution in [0.3, 0.4) is 0 Å².